The fourth-order valence-corrected chi connectivity index (χ4v) is 3.65. The number of hydrogen-bond acceptors (Lipinski definition) is 4. The highest BCUT2D eigenvalue weighted by molar-refractivity contribution is 7.09. The van der Waals surface area contributed by atoms with Crippen LogP contribution in [0.3, 0.4) is 0 Å². The van der Waals surface area contributed by atoms with Crippen LogP contribution in [0.2, 0.25) is 0 Å². The third-order valence-electron chi connectivity index (χ3n) is 4.09. The molecule has 0 aromatic carbocycles. The maximum Gasteiger partial charge on any atom is 0.434 e. The van der Waals surface area contributed by atoms with Gasteiger partial charge in [0, 0.05) is 11.8 Å². The van der Waals surface area contributed by atoms with Crippen LogP contribution in [0, 0.1) is 5.92 Å². The van der Waals surface area contributed by atoms with E-state index in [0.717, 1.165) is 49.1 Å². The van der Waals surface area contributed by atoms with E-state index in [1.165, 1.54) is 0 Å². The first-order valence-electron chi connectivity index (χ1n) is 7.92. The monoisotopic (exact) mass is 349 g/mol. The number of hydrogen-bond donors (Lipinski definition) is 2. The van der Waals surface area contributed by atoms with Gasteiger partial charge in [0.2, 0.25) is 5.91 Å². The predicted molar refractivity (Wildman–Crippen MR) is 83.1 cm³/mol. The third kappa shape index (κ3) is 5.46. The fraction of sp³-hybridized carbons (Fsp3) is 0.733. The molecule has 1 fully saturated rings. The molecule has 2 heterocycles. The van der Waals surface area contributed by atoms with Gasteiger partial charge in [0.25, 0.3) is 0 Å². The Labute approximate surface area is 137 Å². The molecule has 0 saturated carbocycles. The van der Waals surface area contributed by atoms with Crippen molar-refractivity contribution in [3.63, 3.8) is 0 Å². The molecule has 130 valence electrons. The highest BCUT2D eigenvalue weighted by Crippen LogP contribution is 2.32. The molecule has 0 bridgehead atoms. The van der Waals surface area contributed by atoms with Crippen LogP contribution in [-0.4, -0.2) is 24.0 Å². The number of carbonyl (C=O) groups excluding carboxylic acids is 1. The molecule has 1 unspecified atom stereocenters. The Morgan fingerprint density at radius 2 is 2.17 bits per heavy atom. The third-order valence-corrected chi connectivity index (χ3v) is 5.05. The summed E-state index contributed by atoms with van der Waals surface area (Å²) in [7, 11) is 0. The second kappa shape index (κ2) is 8.10. The molecule has 1 aromatic heterocycles. The lowest BCUT2D eigenvalue weighted by Gasteiger charge is -2.22. The van der Waals surface area contributed by atoms with Crippen molar-refractivity contribution < 1.29 is 18.0 Å². The standard InChI is InChI=1S/C15H22F3N3OS/c1-2-11(14-21-12(9-23-14)15(16,17)18)20-13(22)4-3-10-5-7-19-8-6-10/h9-11,19H,2-8H2,1H3,(H,20,22). The highest BCUT2D eigenvalue weighted by Gasteiger charge is 2.34. The average molecular weight is 349 g/mol. The summed E-state index contributed by atoms with van der Waals surface area (Å²) in [5.74, 6) is 0.443. The first kappa shape index (κ1) is 18.2. The zero-order chi connectivity index (χ0) is 16.9. The van der Waals surface area contributed by atoms with E-state index in [4.69, 9.17) is 0 Å². The van der Waals surface area contributed by atoms with Crippen LogP contribution in [0.15, 0.2) is 5.38 Å². The van der Waals surface area contributed by atoms with Crippen molar-refractivity contribution in [1.82, 2.24) is 15.6 Å². The summed E-state index contributed by atoms with van der Waals surface area (Å²) in [6.07, 6.45) is -0.526. The van der Waals surface area contributed by atoms with Crippen molar-refractivity contribution in [3.05, 3.63) is 16.1 Å². The van der Waals surface area contributed by atoms with Crippen molar-refractivity contribution in [2.75, 3.05) is 13.1 Å². The van der Waals surface area contributed by atoms with E-state index in [0.29, 0.717) is 23.8 Å². The molecule has 23 heavy (non-hydrogen) atoms. The zero-order valence-corrected chi connectivity index (χ0v) is 13.9. The molecule has 2 rings (SSSR count). The van der Waals surface area contributed by atoms with Gasteiger partial charge in [-0.05, 0) is 44.7 Å². The molecule has 1 aliphatic heterocycles. The molecular weight excluding hydrogens is 327 g/mol. The number of nitrogens with zero attached hydrogens (tertiary/aromatic N) is 1. The minimum Gasteiger partial charge on any atom is -0.347 e. The molecule has 0 spiro atoms. The number of piperidine rings is 1. The topological polar surface area (TPSA) is 54.0 Å². The number of carbonyl (C=O) groups is 1. The van der Waals surface area contributed by atoms with Crippen molar-refractivity contribution >= 4 is 17.2 Å². The number of aromatic nitrogens is 1. The first-order chi connectivity index (χ1) is 10.9. The first-order valence-corrected chi connectivity index (χ1v) is 8.80. The Balaban J connectivity index is 1.85. The van der Waals surface area contributed by atoms with Crippen LogP contribution in [0.1, 0.15) is 55.8 Å². The van der Waals surface area contributed by atoms with E-state index in [1.807, 2.05) is 6.92 Å². The predicted octanol–water partition coefficient (Wildman–Crippen LogP) is 3.51. The van der Waals surface area contributed by atoms with E-state index in [9.17, 15) is 18.0 Å². The van der Waals surface area contributed by atoms with E-state index in [2.05, 4.69) is 15.6 Å². The average Bonchev–Trinajstić information content (AvgIpc) is 3.01. The maximum absolute atomic E-state index is 12.6. The lowest BCUT2D eigenvalue weighted by molar-refractivity contribution is -0.140. The van der Waals surface area contributed by atoms with Gasteiger partial charge in [-0.2, -0.15) is 13.2 Å². The van der Waals surface area contributed by atoms with Gasteiger partial charge in [-0.25, -0.2) is 4.98 Å². The Morgan fingerprint density at radius 3 is 2.74 bits per heavy atom. The number of alkyl halides is 3. The number of nitrogens with one attached hydrogen (secondary N) is 2. The zero-order valence-electron chi connectivity index (χ0n) is 13.1. The number of rotatable bonds is 6. The largest absolute Gasteiger partial charge is 0.434 e. The van der Waals surface area contributed by atoms with Gasteiger partial charge in [-0.3, -0.25) is 4.79 Å². The van der Waals surface area contributed by atoms with Crippen molar-refractivity contribution in [1.29, 1.82) is 0 Å². The van der Waals surface area contributed by atoms with Crippen LogP contribution < -0.4 is 10.6 Å². The van der Waals surface area contributed by atoms with E-state index in [-0.39, 0.29) is 5.91 Å². The number of amides is 1. The normalized spacial score (nSPS) is 17.9. The highest BCUT2D eigenvalue weighted by atomic mass is 32.1. The van der Waals surface area contributed by atoms with E-state index in [1.54, 1.807) is 0 Å². The molecule has 1 atom stereocenters. The lowest BCUT2D eigenvalue weighted by atomic mass is 9.93. The van der Waals surface area contributed by atoms with Gasteiger partial charge >= 0.3 is 6.18 Å². The second-order valence-electron chi connectivity index (χ2n) is 5.83. The smallest absolute Gasteiger partial charge is 0.347 e. The van der Waals surface area contributed by atoms with Gasteiger partial charge in [0.1, 0.15) is 5.01 Å². The molecule has 1 aromatic rings. The molecule has 2 N–H and O–H groups in total. The van der Waals surface area contributed by atoms with Gasteiger partial charge < -0.3 is 10.6 Å². The molecule has 1 saturated heterocycles. The Bertz CT molecular complexity index is 512. The molecule has 0 aliphatic carbocycles. The van der Waals surface area contributed by atoms with Crippen LogP contribution in [0.5, 0.6) is 0 Å². The summed E-state index contributed by atoms with van der Waals surface area (Å²) in [5, 5.41) is 7.41. The maximum atomic E-state index is 12.6. The van der Waals surface area contributed by atoms with E-state index >= 15 is 0 Å². The van der Waals surface area contributed by atoms with Crippen LogP contribution in [0.4, 0.5) is 13.2 Å². The summed E-state index contributed by atoms with van der Waals surface area (Å²) < 4.78 is 37.8. The summed E-state index contributed by atoms with van der Waals surface area (Å²) in [5.41, 5.74) is -0.889. The summed E-state index contributed by atoms with van der Waals surface area (Å²) >= 11 is 0.943. The molecular formula is C15H22F3N3OS. The van der Waals surface area contributed by atoms with E-state index < -0.39 is 17.9 Å². The summed E-state index contributed by atoms with van der Waals surface area (Å²) in [6.45, 7) is 3.80. The van der Waals surface area contributed by atoms with Crippen LogP contribution in [0.25, 0.3) is 0 Å². The molecule has 1 aliphatic rings. The Kier molecular flexibility index (Phi) is 6.41. The van der Waals surface area contributed by atoms with Gasteiger partial charge in [-0.15, -0.1) is 11.3 Å². The minimum absolute atomic E-state index is 0.112. The molecule has 0 radical (unpaired) electrons. The molecule has 4 nitrogen and oxygen atoms in total. The molecule has 1 amide bonds. The van der Waals surface area contributed by atoms with Crippen molar-refractivity contribution in [2.24, 2.45) is 5.92 Å². The lowest BCUT2D eigenvalue weighted by Crippen LogP contribution is -2.31. The minimum atomic E-state index is -4.44. The quantitative estimate of drug-likeness (QED) is 0.826. The Morgan fingerprint density at radius 1 is 1.48 bits per heavy atom. The van der Waals surface area contributed by atoms with Crippen molar-refractivity contribution in [3.8, 4) is 0 Å². The van der Waals surface area contributed by atoms with Gasteiger partial charge in [-0.1, -0.05) is 6.92 Å². The summed E-state index contributed by atoms with van der Waals surface area (Å²) in [6, 6.07) is -0.448. The SMILES string of the molecule is CCC(NC(=O)CCC1CCNCC1)c1nc(C(F)(F)F)cs1. The van der Waals surface area contributed by atoms with Gasteiger partial charge in [0.15, 0.2) is 5.69 Å². The Hall–Kier alpha value is -1.15. The second-order valence-corrected chi connectivity index (χ2v) is 6.72. The molecule has 8 heteroatoms. The van der Waals surface area contributed by atoms with Crippen LogP contribution in [-0.2, 0) is 11.0 Å². The summed E-state index contributed by atoms with van der Waals surface area (Å²) in [4.78, 5) is 15.7. The fourth-order valence-electron chi connectivity index (χ4n) is 2.69. The van der Waals surface area contributed by atoms with Gasteiger partial charge in [0.05, 0.1) is 6.04 Å². The number of halogens is 3. The number of thiazole rings is 1. The van der Waals surface area contributed by atoms with Crippen molar-refractivity contribution in [2.45, 2.75) is 51.2 Å². The van der Waals surface area contributed by atoms with Crippen LogP contribution >= 0.6 is 11.3 Å².